The second-order valence-corrected chi connectivity index (χ2v) is 6.48. The van der Waals surface area contributed by atoms with E-state index in [1.807, 2.05) is 32.0 Å². The summed E-state index contributed by atoms with van der Waals surface area (Å²) in [4.78, 5) is 28.1. The molecule has 0 aliphatic carbocycles. The number of carbonyl (C=O) groups is 2. The Morgan fingerprint density at radius 3 is 2.63 bits per heavy atom. The highest BCUT2D eigenvalue weighted by Gasteiger charge is 2.22. The summed E-state index contributed by atoms with van der Waals surface area (Å²) in [5.74, 6) is 0.477. The number of benzene rings is 1. The second kappa shape index (κ2) is 8.53. The summed E-state index contributed by atoms with van der Waals surface area (Å²) < 4.78 is 16.2. The zero-order valence-corrected chi connectivity index (χ0v) is 15.3. The molecule has 7 nitrogen and oxygen atoms in total. The minimum Gasteiger partial charge on any atom is -0.486 e. The molecule has 7 heteroatoms. The van der Waals surface area contributed by atoms with Crippen molar-refractivity contribution in [1.29, 1.82) is 0 Å². The van der Waals surface area contributed by atoms with Gasteiger partial charge in [0.1, 0.15) is 18.9 Å². The van der Waals surface area contributed by atoms with Crippen LogP contribution in [0.3, 0.4) is 0 Å². The van der Waals surface area contributed by atoms with Gasteiger partial charge in [0.25, 0.3) is 5.91 Å². The largest absolute Gasteiger partial charge is 0.486 e. The number of ether oxygens (including phenoxy) is 3. The number of aromatic nitrogens is 1. The molecule has 3 rings (SSSR count). The van der Waals surface area contributed by atoms with Gasteiger partial charge in [-0.3, -0.25) is 4.79 Å². The van der Waals surface area contributed by atoms with Gasteiger partial charge in [-0.15, -0.1) is 0 Å². The van der Waals surface area contributed by atoms with Gasteiger partial charge in [-0.05, 0) is 35.7 Å². The molecular weight excluding hydrogens is 348 g/mol. The molecule has 0 saturated carbocycles. The van der Waals surface area contributed by atoms with Crippen molar-refractivity contribution < 1.29 is 23.8 Å². The normalized spacial score (nSPS) is 13.7. The first-order valence-corrected chi connectivity index (χ1v) is 8.81. The SMILES string of the molecule is CC(C)[C@H](NC(=O)COC(=O)c1ccccn1)c1ccc2c(c1)OCCO2. The molecule has 2 heterocycles. The van der Waals surface area contributed by atoms with Crippen molar-refractivity contribution in [2.45, 2.75) is 19.9 Å². The van der Waals surface area contributed by atoms with Gasteiger partial charge in [-0.1, -0.05) is 26.0 Å². The number of carbonyl (C=O) groups excluding carboxylic acids is 2. The van der Waals surface area contributed by atoms with Crippen molar-refractivity contribution >= 4 is 11.9 Å². The fraction of sp³-hybridized carbons (Fsp3) is 0.350. The van der Waals surface area contributed by atoms with Gasteiger partial charge in [0.05, 0.1) is 6.04 Å². The van der Waals surface area contributed by atoms with Crippen LogP contribution in [0.4, 0.5) is 0 Å². The maximum atomic E-state index is 12.3. The minimum absolute atomic E-state index is 0.128. The Bertz CT molecular complexity index is 807. The van der Waals surface area contributed by atoms with E-state index in [-0.39, 0.29) is 30.2 Å². The molecule has 142 valence electrons. The van der Waals surface area contributed by atoms with Gasteiger partial charge in [0.15, 0.2) is 18.1 Å². The van der Waals surface area contributed by atoms with E-state index in [9.17, 15) is 9.59 Å². The molecule has 1 amide bonds. The van der Waals surface area contributed by atoms with E-state index in [0.29, 0.717) is 24.7 Å². The predicted octanol–water partition coefficient (Wildman–Crippen LogP) is 2.52. The molecule has 1 atom stereocenters. The van der Waals surface area contributed by atoms with Crippen molar-refractivity contribution in [3.63, 3.8) is 0 Å². The summed E-state index contributed by atoms with van der Waals surface area (Å²) in [6.45, 7) is 4.66. The zero-order chi connectivity index (χ0) is 19.2. The van der Waals surface area contributed by atoms with Gasteiger partial charge in [-0.25, -0.2) is 9.78 Å². The Morgan fingerprint density at radius 2 is 1.93 bits per heavy atom. The van der Waals surface area contributed by atoms with E-state index in [0.717, 1.165) is 5.56 Å². The maximum Gasteiger partial charge on any atom is 0.357 e. The molecule has 0 bridgehead atoms. The molecule has 1 aliphatic rings. The molecule has 0 spiro atoms. The quantitative estimate of drug-likeness (QED) is 0.787. The second-order valence-electron chi connectivity index (χ2n) is 6.48. The lowest BCUT2D eigenvalue weighted by molar-refractivity contribution is -0.125. The van der Waals surface area contributed by atoms with Gasteiger partial charge < -0.3 is 19.5 Å². The average Bonchev–Trinajstić information content (AvgIpc) is 2.70. The number of esters is 1. The van der Waals surface area contributed by atoms with Crippen LogP contribution in [0.15, 0.2) is 42.6 Å². The number of amides is 1. The molecule has 0 radical (unpaired) electrons. The molecule has 0 unspecified atom stereocenters. The Labute approximate surface area is 157 Å². The van der Waals surface area contributed by atoms with Crippen LogP contribution in [0.25, 0.3) is 0 Å². The van der Waals surface area contributed by atoms with Crippen LogP contribution in [-0.2, 0) is 9.53 Å². The minimum atomic E-state index is -0.633. The van der Waals surface area contributed by atoms with Crippen LogP contribution in [0.2, 0.25) is 0 Å². The molecule has 1 aromatic carbocycles. The van der Waals surface area contributed by atoms with Crippen LogP contribution < -0.4 is 14.8 Å². The lowest BCUT2D eigenvalue weighted by atomic mass is 9.95. The van der Waals surface area contributed by atoms with Crippen LogP contribution in [0.5, 0.6) is 11.5 Å². The van der Waals surface area contributed by atoms with Crippen LogP contribution >= 0.6 is 0 Å². The monoisotopic (exact) mass is 370 g/mol. The van der Waals surface area contributed by atoms with Gasteiger partial charge in [0.2, 0.25) is 0 Å². The van der Waals surface area contributed by atoms with E-state index in [1.165, 1.54) is 12.3 Å². The van der Waals surface area contributed by atoms with Crippen molar-refractivity contribution in [2.75, 3.05) is 19.8 Å². The van der Waals surface area contributed by atoms with E-state index in [1.54, 1.807) is 12.1 Å². The molecule has 1 aliphatic heterocycles. The molecular formula is C20H22N2O5. The highest BCUT2D eigenvalue weighted by Crippen LogP contribution is 2.34. The third-order valence-corrected chi connectivity index (χ3v) is 4.12. The van der Waals surface area contributed by atoms with Crippen molar-refractivity contribution in [3.05, 3.63) is 53.9 Å². The van der Waals surface area contributed by atoms with Crippen LogP contribution in [0.1, 0.15) is 35.9 Å². The Balaban J connectivity index is 1.62. The van der Waals surface area contributed by atoms with E-state index in [2.05, 4.69) is 10.3 Å². The highest BCUT2D eigenvalue weighted by atomic mass is 16.6. The molecule has 0 fully saturated rings. The number of hydrogen-bond donors (Lipinski definition) is 1. The summed E-state index contributed by atoms with van der Waals surface area (Å²) in [7, 11) is 0. The highest BCUT2D eigenvalue weighted by molar-refractivity contribution is 5.89. The number of rotatable bonds is 6. The fourth-order valence-electron chi connectivity index (χ4n) is 2.79. The zero-order valence-electron chi connectivity index (χ0n) is 15.3. The summed E-state index contributed by atoms with van der Waals surface area (Å²) >= 11 is 0. The predicted molar refractivity (Wildman–Crippen MR) is 97.7 cm³/mol. The van der Waals surface area contributed by atoms with E-state index in [4.69, 9.17) is 14.2 Å². The van der Waals surface area contributed by atoms with Gasteiger partial charge in [0, 0.05) is 6.20 Å². The third kappa shape index (κ3) is 4.75. The average molecular weight is 370 g/mol. The number of pyridine rings is 1. The fourth-order valence-corrected chi connectivity index (χ4v) is 2.79. The van der Waals surface area contributed by atoms with E-state index < -0.39 is 5.97 Å². The Hall–Kier alpha value is -3.09. The summed E-state index contributed by atoms with van der Waals surface area (Å²) in [6, 6.07) is 10.3. The first-order chi connectivity index (χ1) is 13.0. The molecule has 1 aromatic heterocycles. The summed E-state index contributed by atoms with van der Waals surface area (Å²) in [5.41, 5.74) is 1.07. The van der Waals surface area contributed by atoms with E-state index >= 15 is 0 Å². The van der Waals surface area contributed by atoms with Crippen molar-refractivity contribution in [3.8, 4) is 11.5 Å². The maximum absolute atomic E-state index is 12.3. The number of hydrogen-bond acceptors (Lipinski definition) is 6. The molecule has 0 saturated heterocycles. The van der Waals surface area contributed by atoms with Crippen molar-refractivity contribution in [2.24, 2.45) is 5.92 Å². The molecule has 27 heavy (non-hydrogen) atoms. The topological polar surface area (TPSA) is 86.8 Å². The number of fused-ring (bicyclic) bond motifs is 1. The van der Waals surface area contributed by atoms with Gasteiger partial charge >= 0.3 is 5.97 Å². The first kappa shape index (κ1) is 18.7. The molecule has 1 N–H and O–H groups in total. The summed E-state index contributed by atoms with van der Waals surface area (Å²) in [5, 5.41) is 2.91. The van der Waals surface area contributed by atoms with Gasteiger partial charge in [-0.2, -0.15) is 0 Å². The number of nitrogens with zero attached hydrogens (tertiary/aromatic N) is 1. The van der Waals surface area contributed by atoms with Crippen LogP contribution in [0, 0.1) is 5.92 Å². The smallest absolute Gasteiger partial charge is 0.357 e. The Kier molecular flexibility index (Phi) is 5.90. The standard InChI is InChI=1S/C20H22N2O5/c1-13(2)19(14-6-7-16-17(11-14)26-10-9-25-16)22-18(23)12-27-20(24)15-5-3-4-8-21-15/h3-8,11,13,19H,9-10,12H2,1-2H3,(H,22,23)/t19-/m0/s1. The first-order valence-electron chi connectivity index (χ1n) is 8.81. The Morgan fingerprint density at radius 1 is 1.15 bits per heavy atom. The molecule has 2 aromatic rings. The lowest BCUT2D eigenvalue weighted by Gasteiger charge is -2.25. The van der Waals surface area contributed by atoms with Crippen LogP contribution in [-0.4, -0.2) is 36.7 Å². The summed E-state index contributed by atoms with van der Waals surface area (Å²) in [6.07, 6.45) is 1.49. The lowest BCUT2D eigenvalue weighted by Crippen LogP contribution is -2.35. The number of nitrogens with one attached hydrogen (secondary N) is 1. The van der Waals surface area contributed by atoms with Crippen molar-refractivity contribution in [1.82, 2.24) is 10.3 Å². The third-order valence-electron chi connectivity index (χ3n) is 4.12.